The van der Waals surface area contributed by atoms with E-state index in [1.165, 1.54) is 11.5 Å². The summed E-state index contributed by atoms with van der Waals surface area (Å²) in [6.45, 7) is 4.64. The van der Waals surface area contributed by atoms with Crippen LogP contribution in [-0.4, -0.2) is 21.3 Å². The van der Waals surface area contributed by atoms with Crippen LogP contribution in [0.15, 0.2) is 24.3 Å². The van der Waals surface area contributed by atoms with Gasteiger partial charge in [-0.25, -0.2) is 0 Å². The third kappa shape index (κ3) is 3.30. The van der Waals surface area contributed by atoms with Crippen molar-refractivity contribution in [3.63, 3.8) is 0 Å². The first-order chi connectivity index (χ1) is 9.26. The molecule has 0 bridgehead atoms. The molecule has 4 nitrogen and oxygen atoms in total. The molecule has 0 saturated carbocycles. The van der Waals surface area contributed by atoms with Crippen LogP contribution >= 0.6 is 11.5 Å². The summed E-state index contributed by atoms with van der Waals surface area (Å²) >= 11 is 1.26. The number of hydrogen-bond acceptors (Lipinski definition) is 5. The fraction of sp³-hybridized carbons (Fsp3) is 0.429. The molecule has 0 radical (unpaired) electrons. The highest BCUT2D eigenvalue weighted by Gasteiger charge is 2.18. The zero-order chi connectivity index (χ0) is 13.7. The lowest BCUT2D eigenvalue weighted by atomic mass is 10.1. The molecule has 0 aliphatic heterocycles. The minimum atomic E-state index is -0.679. The topological polar surface area (TPSA) is 55.2 Å². The molecular formula is C14H18N2O2S. The Bertz CT molecular complexity index is 528. The van der Waals surface area contributed by atoms with E-state index in [-0.39, 0.29) is 0 Å². The van der Waals surface area contributed by atoms with Crippen molar-refractivity contribution in [3.8, 4) is 5.75 Å². The third-order valence-electron chi connectivity index (χ3n) is 2.81. The van der Waals surface area contributed by atoms with Crippen LogP contribution in [0, 0.1) is 0 Å². The predicted octanol–water partition coefficient (Wildman–Crippen LogP) is 2.97. The van der Waals surface area contributed by atoms with Crippen molar-refractivity contribution < 1.29 is 9.84 Å². The molecule has 5 heteroatoms. The van der Waals surface area contributed by atoms with Gasteiger partial charge in [0, 0.05) is 0 Å². The molecule has 0 saturated heterocycles. The first-order valence-electron chi connectivity index (χ1n) is 6.48. The Balaban J connectivity index is 2.25. The minimum Gasteiger partial charge on any atom is -0.494 e. The van der Waals surface area contributed by atoms with Gasteiger partial charge in [-0.1, -0.05) is 30.0 Å². The summed E-state index contributed by atoms with van der Waals surface area (Å²) in [5.41, 5.74) is 1.70. The zero-order valence-corrected chi connectivity index (χ0v) is 12.0. The molecule has 1 unspecified atom stereocenters. The van der Waals surface area contributed by atoms with E-state index in [4.69, 9.17) is 4.74 Å². The van der Waals surface area contributed by atoms with Crippen LogP contribution in [-0.2, 0) is 6.42 Å². The van der Waals surface area contributed by atoms with E-state index in [0.717, 1.165) is 34.7 Å². The Morgan fingerprint density at radius 3 is 2.95 bits per heavy atom. The second kappa shape index (κ2) is 6.63. The van der Waals surface area contributed by atoms with Crippen LogP contribution in [0.3, 0.4) is 0 Å². The van der Waals surface area contributed by atoms with E-state index < -0.39 is 6.10 Å². The maximum absolute atomic E-state index is 10.5. The molecule has 1 heterocycles. The smallest absolute Gasteiger partial charge is 0.119 e. The molecule has 102 valence electrons. The molecule has 1 aromatic heterocycles. The fourth-order valence-corrected chi connectivity index (χ4v) is 2.64. The summed E-state index contributed by atoms with van der Waals surface area (Å²) in [6.07, 6.45) is 1.15. The number of benzene rings is 1. The molecule has 0 aliphatic rings. The van der Waals surface area contributed by atoms with Gasteiger partial charge in [0.1, 0.15) is 11.9 Å². The van der Waals surface area contributed by atoms with Crippen molar-refractivity contribution in [2.75, 3.05) is 6.61 Å². The molecule has 0 aliphatic carbocycles. The van der Waals surface area contributed by atoms with E-state index in [0.29, 0.717) is 6.61 Å². The van der Waals surface area contributed by atoms with Crippen LogP contribution in [0.2, 0.25) is 0 Å². The number of nitrogens with zero attached hydrogens (tertiary/aromatic N) is 2. The Morgan fingerprint density at radius 2 is 2.21 bits per heavy atom. The summed E-state index contributed by atoms with van der Waals surface area (Å²) in [7, 11) is 0. The summed E-state index contributed by atoms with van der Waals surface area (Å²) in [6, 6.07) is 7.53. The molecule has 1 aromatic carbocycles. The molecule has 2 rings (SSSR count). The number of aliphatic hydroxyl groups is 1. The highest BCUT2D eigenvalue weighted by atomic mass is 32.1. The van der Waals surface area contributed by atoms with E-state index >= 15 is 0 Å². The van der Waals surface area contributed by atoms with Gasteiger partial charge in [0.2, 0.25) is 0 Å². The average Bonchev–Trinajstić information content (AvgIpc) is 2.87. The van der Waals surface area contributed by atoms with E-state index in [1.54, 1.807) is 0 Å². The van der Waals surface area contributed by atoms with Crippen LogP contribution in [0.5, 0.6) is 5.75 Å². The summed E-state index contributed by atoms with van der Waals surface area (Å²) in [5, 5.41) is 14.5. The lowest BCUT2D eigenvalue weighted by Crippen LogP contribution is -2.02. The van der Waals surface area contributed by atoms with Gasteiger partial charge in [0.05, 0.1) is 17.2 Å². The van der Waals surface area contributed by atoms with Crippen molar-refractivity contribution >= 4 is 11.5 Å². The highest BCUT2D eigenvalue weighted by molar-refractivity contribution is 7.05. The second-order valence-electron chi connectivity index (χ2n) is 4.24. The van der Waals surface area contributed by atoms with Gasteiger partial charge < -0.3 is 9.84 Å². The number of hydrogen-bond donors (Lipinski definition) is 1. The number of aliphatic hydroxyl groups excluding tert-OH is 1. The Labute approximate surface area is 117 Å². The second-order valence-corrected chi connectivity index (χ2v) is 5.03. The largest absolute Gasteiger partial charge is 0.494 e. The van der Waals surface area contributed by atoms with Gasteiger partial charge in [0.25, 0.3) is 0 Å². The van der Waals surface area contributed by atoms with Crippen molar-refractivity contribution in [1.82, 2.24) is 9.59 Å². The van der Waals surface area contributed by atoms with Crippen LogP contribution in [0.25, 0.3) is 0 Å². The van der Waals surface area contributed by atoms with Crippen molar-refractivity contribution in [3.05, 3.63) is 40.4 Å². The Morgan fingerprint density at radius 1 is 1.37 bits per heavy atom. The first kappa shape index (κ1) is 14.0. The molecule has 0 spiro atoms. The quantitative estimate of drug-likeness (QED) is 0.882. The molecule has 2 aromatic rings. The normalized spacial score (nSPS) is 12.4. The van der Waals surface area contributed by atoms with Crippen molar-refractivity contribution in [2.24, 2.45) is 0 Å². The zero-order valence-electron chi connectivity index (χ0n) is 11.2. The molecule has 19 heavy (non-hydrogen) atoms. The minimum absolute atomic E-state index is 0.614. The van der Waals surface area contributed by atoms with E-state index in [9.17, 15) is 5.11 Å². The molecular weight excluding hydrogens is 260 g/mol. The lowest BCUT2D eigenvalue weighted by Gasteiger charge is -2.11. The monoisotopic (exact) mass is 278 g/mol. The average molecular weight is 278 g/mol. The number of aromatic nitrogens is 2. The SMILES string of the molecule is CCCc1nnsc1C(O)c1cccc(OCC)c1. The summed E-state index contributed by atoms with van der Waals surface area (Å²) in [4.78, 5) is 0.829. The van der Waals surface area contributed by atoms with E-state index in [1.807, 2.05) is 31.2 Å². The van der Waals surface area contributed by atoms with Crippen LogP contribution < -0.4 is 4.74 Å². The van der Waals surface area contributed by atoms with Crippen molar-refractivity contribution in [1.29, 1.82) is 0 Å². The maximum Gasteiger partial charge on any atom is 0.119 e. The van der Waals surface area contributed by atoms with Gasteiger partial charge in [-0.15, -0.1) is 5.10 Å². The first-order valence-corrected chi connectivity index (χ1v) is 7.25. The summed E-state index contributed by atoms with van der Waals surface area (Å²) in [5.74, 6) is 0.772. The number of aryl methyl sites for hydroxylation is 1. The van der Waals surface area contributed by atoms with E-state index in [2.05, 4.69) is 16.5 Å². The van der Waals surface area contributed by atoms with Crippen LogP contribution in [0.1, 0.15) is 42.5 Å². The molecule has 1 N–H and O–H groups in total. The predicted molar refractivity (Wildman–Crippen MR) is 75.6 cm³/mol. The fourth-order valence-electron chi connectivity index (χ4n) is 1.93. The number of rotatable bonds is 6. The van der Waals surface area contributed by atoms with Gasteiger partial charge >= 0.3 is 0 Å². The summed E-state index contributed by atoms with van der Waals surface area (Å²) < 4.78 is 9.40. The van der Waals surface area contributed by atoms with Gasteiger partial charge in [-0.3, -0.25) is 0 Å². The molecule has 0 amide bonds. The van der Waals surface area contributed by atoms with Gasteiger partial charge in [0.15, 0.2) is 0 Å². The van der Waals surface area contributed by atoms with Crippen molar-refractivity contribution in [2.45, 2.75) is 32.8 Å². The third-order valence-corrected chi connectivity index (χ3v) is 3.62. The van der Waals surface area contributed by atoms with Gasteiger partial charge in [-0.2, -0.15) is 0 Å². The molecule has 1 atom stereocenters. The van der Waals surface area contributed by atoms with Gasteiger partial charge in [-0.05, 0) is 42.6 Å². The Kier molecular flexibility index (Phi) is 4.87. The maximum atomic E-state index is 10.5. The van der Waals surface area contributed by atoms with Crippen LogP contribution in [0.4, 0.5) is 0 Å². The standard InChI is InChI=1S/C14H18N2O2S/c1-3-6-12-14(19-16-15-12)13(17)10-7-5-8-11(9-10)18-4-2/h5,7-9,13,17H,3-4,6H2,1-2H3. The highest BCUT2D eigenvalue weighted by Crippen LogP contribution is 2.29. The number of ether oxygens (including phenoxy) is 1. The molecule has 0 fully saturated rings. The Hall–Kier alpha value is -1.46. The lowest BCUT2D eigenvalue weighted by molar-refractivity contribution is 0.222.